The SMILES string of the molecule is OCCC#Cc1cccc(OCCSc2ncns2)c1. The van der Waals surface area contributed by atoms with Crippen molar-refractivity contribution in [3.63, 3.8) is 0 Å². The molecule has 2 rings (SSSR count). The lowest BCUT2D eigenvalue weighted by atomic mass is 10.2. The van der Waals surface area contributed by atoms with Crippen LogP contribution in [0.3, 0.4) is 0 Å². The van der Waals surface area contributed by atoms with Crippen LogP contribution in [0.1, 0.15) is 12.0 Å². The lowest BCUT2D eigenvalue weighted by molar-refractivity contribution is 0.305. The summed E-state index contributed by atoms with van der Waals surface area (Å²) in [6.45, 7) is 0.698. The summed E-state index contributed by atoms with van der Waals surface area (Å²) in [5.41, 5.74) is 0.896. The van der Waals surface area contributed by atoms with Gasteiger partial charge in [-0.15, -0.1) is 0 Å². The number of nitrogens with zero attached hydrogens (tertiary/aromatic N) is 2. The fourth-order valence-electron chi connectivity index (χ4n) is 1.40. The van der Waals surface area contributed by atoms with Crippen LogP contribution in [-0.2, 0) is 0 Å². The molecule has 0 saturated heterocycles. The number of rotatable bonds is 6. The van der Waals surface area contributed by atoms with Crippen molar-refractivity contribution in [3.8, 4) is 17.6 Å². The number of aliphatic hydroxyl groups excluding tert-OH is 1. The van der Waals surface area contributed by atoms with Gasteiger partial charge in [0.1, 0.15) is 12.1 Å². The number of aliphatic hydroxyl groups is 1. The molecule has 0 atom stereocenters. The van der Waals surface area contributed by atoms with Crippen molar-refractivity contribution in [3.05, 3.63) is 36.2 Å². The first-order valence-corrected chi connectivity index (χ1v) is 7.86. The molecule has 1 N–H and O–H groups in total. The molecule has 0 radical (unpaired) electrons. The van der Waals surface area contributed by atoms with Crippen molar-refractivity contribution in [2.45, 2.75) is 10.8 Å². The van der Waals surface area contributed by atoms with E-state index < -0.39 is 0 Å². The monoisotopic (exact) mass is 306 g/mol. The van der Waals surface area contributed by atoms with E-state index in [9.17, 15) is 0 Å². The summed E-state index contributed by atoms with van der Waals surface area (Å²) >= 11 is 3.02. The Morgan fingerprint density at radius 1 is 1.40 bits per heavy atom. The molecule has 1 heterocycles. The summed E-state index contributed by atoms with van der Waals surface area (Å²) in [4.78, 5) is 4.09. The van der Waals surface area contributed by atoms with Gasteiger partial charge in [-0.05, 0) is 29.7 Å². The molecule has 0 bridgehead atoms. The molecule has 0 aliphatic carbocycles. The van der Waals surface area contributed by atoms with Gasteiger partial charge in [-0.25, -0.2) is 4.98 Å². The van der Waals surface area contributed by atoms with Crippen LogP contribution < -0.4 is 4.74 Å². The fourth-order valence-corrected chi connectivity index (χ4v) is 2.73. The standard InChI is InChI=1S/C14H14N2O2S2/c17-7-2-1-4-12-5-3-6-13(10-12)18-8-9-19-14-15-11-16-20-14/h3,5-6,10-11,17H,2,7-9H2. The predicted octanol–water partition coefficient (Wildman–Crippen LogP) is 2.44. The predicted molar refractivity (Wildman–Crippen MR) is 81.2 cm³/mol. The second kappa shape index (κ2) is 8.59. The van der Waals surface area contributed by atoms with Gasteiger partial charge in [0.15, 0.2) is 4.34 Å². The number of benzene rings is 1. The quantitative estimate of drug-likeness (QED) is 0.505. The summed E-state index contributed by atoms with van der Waals surface area (Å²) in [5, 5.41) is 8.68. The van der Waals surface area contributed by atoms with Crippen LogP contribution in [0.15, 0.2) is 34.9 Å². The lowest BCUT2D eigenvalue weighted by Gasteiger charge is -2.05. The van der Waals surface area contributed by atoms with Crippen molar-refractivity contribution in [1.82, 2.24) is 9.36 Å². The molecular weight excluding hydrogens is 292 g/mol. The molecule has 0 fully saturated rings. The highest BCUT2D eigenvalue weighted by Crippen LogP contribution is 2.18. The van der Waals surface area contributed by atoms with E-state index in [1.165, 1.54) is 11.5 Å². The summed E-state index contributed by atoms with van der Waals surface area (Å²) in [5.74, 6) is 7.51. The molecule has 0 amide bonds. The van der Waals surface area contributed by atoms with Crippen LogP contribution in [0.4, 0.5) is 0 Å². The molecule has 0 saturated carbocycles. The smallest absolute Gasteiger partial charge is 0.169 e. The third-order valence-electron chi connectivity index (χ3n) is 2.22. The second-order valence-corrected chi connectivity index (χ2v) is 5.83. The van der Waals surface area contributed by atoms with E-state index in [-0.39, 0.29) is 6.61 Å². The minimum absolute atomic E-state index is 0.0893. The van der Waals surface area contributed by atoms with E-state index in [0.717, 1.165) is 21.4 Å². The van der Waals surface area contributed by atoms with Gasteiger partial charge >= 0.3 is 0 Å². The van der Waals surface area contributed by atoms with Crippen molar-refractivity contribution in [2.75, 3.05) is 19.0 Å². The first-order valence-electron chi connectivity index (χ1n) is 6.10. The van der Waals surface area contributed by atoms with Crippen molar-refractivity contribution in [1.29, 1.82) is 0 Å². The van der Waals surface area contributed by atoms with Crippen LogP contribution in [0, 0.1) is 11.8 Å². The van der Waals surface area contributed by atoms with Crippen molar-refractivity contribution in [2.24, 2.45) is 0 Å². The van der Waals surface area contributed by atoms with Crippen LogP contribution in [-0.4, -0.2) is 33.4 Å². The van der Waals surface area contributed by atoms with Gasteiger partial charge in [0.05, 0.1) is 13.2 Å². The molecule has 0 aliphatic rings. The molecule has 0 spiro atoms. The Morgan fingerprint density at radius 3 is 3.15 bits per heavy atom. The average molecular weight is 306 g/mol. The topological polar surface area (TPSA) is 55.2 Å². The van der Waals surface area contributed by atoms with E-state index in [0.29, 0.717) is 13.0 Å². The van der Waals surface area contributed by atoms with Gasteiger partial charge in [0.2, 0.25) is 0 Å². The highest BCUT2D eigenvalue weighted by Gasteiger charge is 1.99. The summed E-state index contributed by atoms with van der Waals surface area (Å²) < 4.78 is 10.6. The van der Waals surface area contributed by atoms with E-state index in [2.05, 4.69) is 21.2 Å². The molecule has 6 heteroatoms. The lowest BCUT2D eigenvalue weighted by Crippen LogP contribution is -2.00. The van der Waals surface area contributed by atoms with Gasteiger partial charge in [-0.1, -0.05) is 29.7 Å². The first-order chi connectivity index (χ1) is 9.88. The minimum Gasteiger partial charge on any atom is -0.493 e. The fraction of sp³-hybridized carbons (Fsp3) is 0.286. The highest BCUT2D eigenvalue weighted by molar-refractivity contribution is 8.00. The maximum absolute atomic E-state index is 8.68. The zero-order chi connectivity index (χ0) is 14.0. The van der Waals surface area contributed by atoms with Crippen LogP contribution in [0.25, 0.3) is 0 Å². The molecule has 2 aromatic rings. The molecule has 1 aromatic carbocycles. The van der Waals surface area contributed by atoms with Gasteiger partial charge < -0.3 is 9.84 Å². The molecule has 4 nitrogen and oxygen atoms in total. The number of thioether (sulfide) groups is 1. The van der Waals surface area contributed by atoms with E-state index >= 15 is 0 Å². The third-order valence-corrected chi connectivity index (χ3v) is 3.98. The molecule has 0 aliphatic heterocycles. The Bertz CT molecular complexity index is 576. The Morgan fingerprint density at radius 2 is 2.35 bits per heavy atom. The Labute approximate surface area is 126 Å². The van der Waals surface area contributed by atoms with Crippen LogP contribution in [0.5, 0.6) is 5.75 Å². The summed E-state index contributed by atoms with van der Waals surface area (Å²) in [7, 11) is 0. The van der Waals surface area contributed by atoms with Gasteiger partial charge in [0.25, 0.3) is 0 Å². The van der Waals surface area contributed by atoms with Crippen molar-refractivity contribution >= 4 is 23.3 Å². The Hall–Kier alpha value is -1.55. The number of hydrogen-bond acceptors (Lipinski definition) is 6. The van der Waals surface area contributed by atoms with Gasteiger partial charge in [0, 0.05) is 17.7 Å². The normalized spacial score (nSPS) is 9.85. The van der Waals surface area contributed by atoms with Crippen LogP contribution >= 0.6 is 23.3 Å². The number of hydrogen-bond donors (Lipinski definition) is 1. The van der Waals surface area contributed by atoms with Crippen molar-refractivity contribution < 1.29 is 9.84 Å². The zero-order valence-electron chi connectivity index (χ0n) is 10.8. The highest BCUT2D eigenvalue weighted by atomic mass is 32.2. The number of ether oxygens (including phenoxy) is 1. The largest absolute Gasteiger partial charge is 0.493 e. The first kappa shape index (κ1) is 14.9. The maximum Gasteiger partial charge on any atom is 0.169 e. The maximum atomic E-state index is 8.68. The Balaban J connectivity index is 1.78. The zero-order valence-corrected chi connectivity index (χ0v) is 12.4. The van der Waals surface area contributed by atoms with E-state index in [4.69, 9.17) is 9.84 Å². The van der Waals surface area contributed by atoms with Gasteiger partial charge in [-0.3, -0.25) is 0 Å². The summed E-state index contributed by atoms with van der Waals surface area (Å²) in [6, 6.07) is 7.65. The van der Waals surface area contributed by atoms with Gasteiger partial charge in [-0.2, -0.15) is 4.37 Å². The molecule has 1 aromatic heterocycles. The minimum atomic E-state index is 0.0893. The number of aromatic nitrogens is 2. The van der Waals surface area contributed by atoms with E-state index in [1.807, 2.05) is 24.3 Å². The molecule has 104 valence electrons. The van der Waals surface area contributed by atoms with E-state index in [1.54, 1.807) is 18.1 Å². The average Bonchev–Trinajstić information content (AvgIpc) is 2.98. The van der Waals surface area contributed by atoms with Crippen LogP contribution in [0.2, 0.25) is 0 Å². The second-order valence-electron chi connectivity index (χ2n) is 3.71. The molecule has 20 heavy (non-hydrogen) atoms. The molecular formula is C14H14N2O2S2. The third kappa shape index (κ3) is 5.21. The Kier molecular flexibility index (Phi) is 6.38. The summed E-state index contributed by atoms with van der Waals surface area (Å²) in [6.07, 6.45) is 2.05. The molecule has 0 unspecified atom stereocenters.